The molecule has 0 N–H and O–H groups in total. The van der Waals surface area contributed by atoms with E-state index in [2.05, 4.69) is 154 Å². The Hall–Kier alpha value is -4.17. The van der Waals surface area contributed by atoms with Gasteiger partial charge in [-0.2, -0.15) is 11.1 Å². The van der Waals surface area contributed by atoms with Crippen molar-refractivity contribution >= 4 is 51.2 Å². The summed E-state index contributed by atoms with van der Waals surface area (Å²) in [5, 5.41) is 5.20. The van der Waals surface area contributed by atoms with Crippen LogP contribution in [0.3, 0.4) is 0 Å². The van der Waals surface area contributed by atoms with E-state index in [9.17, 15) is 0 Å². The molecule has 0 nitrogen and oxygen atoms in total. The summed E-state index contributed by atoms with van der Waals surface area (Å²) in [4.78, 5) is 0. The van der Waals surface area contributed by atoms with Gasteiger partial charge in [0.1, 0.15) is 0 Å². The third-order valence-corrected chi connectivity index (χ3v) is 14.9. The number of fused-ring (bicyclic) bond motifs is 2. The minimum Gasteiger partial charge on any atom is -0.165 e. The highest BCUT2D eigenvalue weighted by molar-refractivity contribution is 7.23. The predicted octanol–water partition coefficient (Wildman–Crippen LogP) is 12.3. The molecule has 0 spiro atoms. The van der Waals surface area contributed by atoms with E-state index in [1.54, 1.807) is 0 Å². The van der Waals surface area contributed by atoms with Crippen molar-refractivity contribution in [3.05, 3.63) is 178 Å². The minimum absolute atomic E-state index is 0.136. The number of halogens is 1. The van der Waals surface area contributed by atoms with Crippen molar-refractivity contribution in [1.29, 1.82) is 0 Å². The fourth-order valence-corrected chi connectivity index (χ4v) is 13.5. The molecule has 2 unspecified atom stereocenters. The quantitative estimate of drug-likeness (QED) is 0.158. The van der Waals surface area contributed by atoms with Crippen LogP contribution in [0.15, 0.2) is 156 Å². The third-order valence-electron chi connectivity index (χ3n) is 10.1. The van der Waals surface area contributed by atoms with E-state index in [0.717, 1.165) is 12.8 Å². The largest absolute Gasteiger partial charge is 0.176 e. The van der Waals surface area contributed by atoms with Gasteiger partial charge >= 0.3 is 0 Å². The Kier molecular flexibility index (Phi) is 6.93. The van der Waals surface area contributed by atoms with Crippen molar-refractivity contribution in [2.75, 3.05) is 0 Å². The molecule has 2 heteroatoms. The zero-order valence-corrected chi connectivity index (χ0v) is 27.9. The highest BCUT2D eigenvalue weighted by atomic mass is 35.6. The number of hydrogen-bond acceptors (Lipinski definition) is 0. The van der Waals surface area contributed by atoms with Gasteiger partial charge in [-0.1, -0.05) is 140 Å². The van der Waals surface area contributed by atoms with E-state index in [1.807, 2.05) is 0 Å². The van der Waals surface area contributed by atoms with Crippen LogP contribution in [-0.2, 0) is 0 Å². The molecule has 0 fully saturated rings. The molecule has 4 aromatic carbocycles. The van der Waals surface area contributed by atoms with Crippen LogP contribution in [0.1, 0.15) is 35.1 Å². The van der Waals surface area contributed by atoms with Gasteiger partial charge in [-0.25, -0.2) is 0 Å². The Balaban J connectivity index is 1.36. The van der Waals surface area contributed by atoms with E-state index >= 15 is 0 Å². The lowest BCUT2D eigenvalue weighted by atomic mass is 9.93. The Labute approximate surface area is 272 Å². The molecule has 0 radical (unpaired) electrons. The molecule has 45 heavy (non-hydrogen) atoms. The Morgan fingerprint density at radius 1 is 0.600 bits per heavy atom. The van der Waals surface area contributed by atoms with Crippen LogP contribution in [0.25, 0.3) is 32.7 Å². The van der Waals surface area contributed by atoms with Crippen LogP contribution in [0, 0.1) is 13.8 Å². The minimum atomic E-state index is -2.74. The number of allylic oxidation sites excluding steroid dienone is 16. The number of benzene rings is 4. The molecule has 4 aromatic rings. The van der Waals surface area contributed by atoms with Gasteiger partial charge in [-0.05, 0) is 104 Å². The highest BCUT2D eigenvalue weighted by Gasteiger charge is 2.52. The lowest BCUT2D eigenvalue weighted by molar-refractivity contribution is 1.13. The van der Waals surface area contributed by atoms with Gasteiger partial charge < -0.3 is 0 Å². The first kappa shape index (κ1) is 28.3. The molecule has 0 aliphatic heterocycles. The van der Waals surface area contributed by atoms with Crippen molar-refractivity contribution in [2.45, 2.75) is 44.3 Å². The number of aryl methyl sites for hydroxylation is 2. The van der Waals surface area contributed by atoms with E-state index in [-0.39, 0.29) is 11.1 Å². The summed E-state index contributed by atoms with van der Waals surface area (Å²) in [5.74, 6) is 0. The first-order chi connectivity index (χ1) is 21.9. The average Bonchev–Trinajstić information content (AvgIpc) is 3.39. The number of hydrogen-bond donors (Lipinski definition) is 0. The molecular weight excluding hydrogens is 580 g/mol. The Morgan fingerprint density at radius 3 is 1.51 bits per heavy atom. The molecule has 0 amide bonds. The molecule has 4 aliphatic rings. The molecule has 8 rings (SSSR count). The van der Waals surface area contributed by atoms with Crippen LogP contribution >= 0.6 is 11.1 Å². The fraction of sp³-hybridized carbons (Fsp3) is 0.163. The first-order valence-corrected chi connectivity index (χ1v) is 19.8. The van der Waals surface area contributed by atoms with Crippen molar-refractivity contribution in [3.8, 4) is 0 Å². The second kappa shape index (κ2) is 11.0. The van der Waals surface area contributed by atoms with Gasteiger partial charge in [0, 0.05) is 11.1 Å². The van der Waals surface area contributed by atoms with E-state index in [1.165, 1.54) is 77.2 Å². The topological polar surface area (TPSA) is 0 Å². The second-order valence-corrected chi connectivity index (χ2v) is 19.1. The summed E-state index contributed by atoms with van der Waals surface area (Å²) < 4.78 is 0. The standard InChI is InChI=1S/C43H37ClSi/c1-28-22-30-16-10-12-18-34(30)38(24-28)40-26-32-14-6-4-8-20-36(32)42(40)45(3,44)43-37-21-9-5-7-15-33(37)27-41(43)39-25-29(2)23-31-17-11-13-19-35(31)39/h4-13,16-27,42-43H,14-15H2,1-3H3. The smallest absolute Gasteiger partial charge is 0.165 e. The second-order valence-electron chi connectivity index (χ2n) is 13.2. The lowest BCUT2D eigenvalue weighted by Crippen LogP contribution is -2.37. The summed E-state index contributed by atoms with van der Waals surface area (Å²) in [6, 6.07) is 27.1. The molecular formula is C43H37ClSi. The Morgan fingerprint density at radius 2 is 1.04 bits per heavy atom. The SMILES string of the molecule is Cc1cc(C2=CC3=C(C=CC=CC3)C2[Si](C)(Cl)C2C(c3cc(C)cc4ccccc34)=CC3=C2C=CC=CC3)c2ccccc2c1. The zero-order valence-electron chi connectivity index (χ0n) is 26.1. The average molecular weight is 617 g/mol. The summed E-state index contributed by atoms with van der Waals surface area (Å²) in [5.41, 5.74) is 13.9. The number of rotatable bonds is 4. The van der Waals surface area contributed by atoms with Crippen molar-refractivity contribution in [1.82, 2.24) is 0 Å². The van der Waals surface area contributed by atoms with Crippen LogP contribution in [0.2, 0.25) is 17.6 Å². The van der Waals surface area contributed by atoms with E-state index in [4.69, 9.17) is 11.1 Å². The van der Waals surface area contributed by atoms with Crippen LogP contribution in [-0.4, -0.2) is 7.38 Å². The molecule has 2 atom stereocenters. The predicted molar refractivity (Wildman–Crippen MR) is 198 cm³/mol. The normalized spacial score (nSPS) is 22.0. The van der Waals surface area contributed by atoms with Crippen LogP contribution < -0.4 is 0 Å². The maximum absolute atomic E-state index is 8.45. The van der Waals surface area contributed by atoms with Gasteiger partial charge in [-0.3, -0.25) is 0 Å². The summed E-state index contributed by atoms with van der Waals surface area (Å²) in [6.07, 6.45) is 25.0. The van der Waals surface area contributed by atoms with Gasteiger partial charge in [0.2, 0.25) is 0 Å². The van der Waals surface area contributed by atoms with Crippen LogP contribution in [0.5, 0.6) is 0 Å². The molecule has 0 aromatic heterocycles. The molecule has 0 saturated heterocycles. The highest BCUT2D eigenvalue weighted by Crippen LogP contribution is 2.62. The van der Waals surface area contributed by atoms with Gasteiger partial charge in [0.15, 0.2) is 7.38 Å². The monoisotopic (exact) mass is 616 g/mol. The summed E-state index contributed by atoms with van der Waals surface area (Å²) >= 11 is 8.45. The van der Waals surface area contributed by atoms with E-state index < -0.39 is 7.38 Å². The molecule has 0 bridgehead atoms. The van der Waals surface area contributed by atoms with Gasteiger partial charge in [0.05, 0.1) is 0 Å². The van der Waals surface area contributed by atoms with Gasteiger partial charge in [0.25, 0.3) is 0 Å². The third kappa shape index (κ3) is 4.72. The van der Waals surface area contributed by atoms with Crippen LogP contribution in [0.4, 0.5) is 0 Å². The molecule has 0 saturated carbocycles. The summed E-state index contributed by atoms with van der Waals surface area (Å²) in [7, 11) is -2.74. The van der Waals surface area contributed by atoms with Crippen molar-refractivity contribution < 1.29 is 0 Å². The Bertz CT molecular complexity index is 2000. The van der Waals surface area contributed by atoms with Crippen molar-refractivity contribution in [3.63, 3.8) is 0 Å². The zero-order chi connectivity index (χ0) is 30.7. The first-order valence-electron chi connectivity index (χ1n) is 16.1. The van der Waals surface area contributed by atoms with E-state index in [0.29, 0.717) is 0 Å². The molecule has 4 aliphatic carbocycles. The molecule has 220 valence electrons. The molecule has 0 heterocycles. The maximum atomic E-state index is 8.45. The fourth-order valence-electron chi connectivity index (χ4n) is 8.29. The lowest BCUT2D eigenvalue weighted by Gasteiger charge is -2.39. The summed E-state index contributed by atoms with van der Waals surface area (Å²) in [6.45, 7) is 6.89. The van der Waals surface area contributed by atoms with Gasteiger partial charge in [-0.15, -0.1) is 0 Å². The van der Waals surface area contributed by atoms with Crippen molar-refractivity contribution in [2.24, 2.45) is 0 Å². The maximum Gasteiger partial charge on any atom is 0.176 e.